The molecule has 3 aromatic heterocycles. The van der Waals surface area contributed by atoms with Crippen LogP contribution in [0, 0.1) is 11.6 Å². The second-order valence-corrected chi connectivity index (χ2v) is 9.66. The van der Waals surface area contributed by atoms with Gasteiger partial charge in [-0.25, -0.2) is 18.7 Å². The number of aliphatic hydroxyl groups excluding tert-OH is 1. The van der Waals surface area contributed by atoms with Gasteiger partial charge in [0, 0.05) is 29.6 Å². The Labute approximate surface area is 217 Å². The summed E-state index contributed by atoms with van der Waals surface area (Å²) >= 11 is 7.74. The molecule has 2 saturated heterocycles. The fourth-order valence-electron chi connectivity index (χ4n) is 4.23. The van der Waals surface area contributed by atoms with Crippen molar-refractivity contribution in [1.82, 2.24) is 19.9 Å². The van der Waals surface area contributed by atoms with Crippen LogP contribution in [0.2, 0.25) is 5.02 Å². The van der Waals surface area contributed by atoms with E-state index in [0.717, 1.165) is 12.1 Å². The quantitative estimate of drug-likeness (QED) is 0.302. The molecule has 194 valence electrons. The van der Waals surface area contributed by atoms with Gasteiger partial charge in [-0.15, -0.1) is 11.3 Å². The summed E-state index contributed by atoms with van der Waals surface area (Å²) in [7, 11) is 0. The number of hydrogen-bond acceptors (Lipinski definition) is 10. The SMILES string of the molecule is O[C@@H]1CO[C@H]2[C@@H]1OC[C@H]2Oc1nc2nc(NCc3c(F)cc(OCc4cscn4)cc3F)c(Cl)cc2[nH]1. The van der Waals surface area contributed by atoms with E-state index in [1.807, 2.05) is 0 Å². The number of nitrogens with one attached hydrogen (secondary N) is 2. The number of aliphatic hydroxyl groups is 1. The highest BCUT2D eigenvalue weighted by Gasteiger charge is 2.48. The molecule has 1 aromatic carbocycles. The van der Waals surface area contributed by atoms with Gasteiger partial charge in [-0.2, -0.15) is 4.98 Å². The standard InChI is InChI=1S/C23H20ClF2N5O5S/c24-13-3-16-22(31-23(29-16)36-18-7-35-19-17(32)6-34-20(18)19)30-21(13)27-4-12-14(25)1-11(2-15(12)26)33-5-10-8-37-9-28-10/h1-3,8-9,17-20,32H,4-7H2,(H2,27,29,30,31)/t17-,18-,19-,20-/m1/s1. The van der Waals surface area contributed by atoms with Crippen LogP contribution in [0.4, 0.5) is 14.6 Å². The maximum Gasteiger partial charge on any atom is 0.296 e. The fourth-order valence-corrected chi connectivity index (χ4v) is 5.00. The largest absolute Gasteiger partial charge is 0.487 e. The number of H-pyrrole nitrogens is 1. The Morgan fingerprint density at radius 1 is 1.16 bits per heavy atom. The van der Waals surface area contributed by atoms with Crippen LogP contribution in [0.15, 0.2) is 29.1 Å². The summed E-state index contributed by atoms with van der Waals surface area (Å²) in [5.41, 5.74) is 2.92. The minimum absolute atomic E-state index is 0.0601. The number of nitrogens with zero attached hydrogens (tertiary/aromatic N) is 3. The summed E-state index contributed by atoms with van der Waals surface area (Å²) in [5, 5.41) is 14.8. The zero-order valence-corrected chi connectivity index (χ0v) is 20.6. The van der Waals surface area contributed by atoms with Gasteiger partial charge >= 0.3 is 0 Å². The summed E-state index contributed by atoms with van der Waals surface area (Å²) in [6.45, 7) is 0.332. The van der Waals surface area contributed by atoms with Gasteiger partial charge in [0.15, 0.2) is 11.8 Å². The van der Waals surface area contributed by atoms with Gasteiger partial charge < -0.3 is 34.4 Å². The minimum atomic E-state index is -0.773. The van der Waals surface area contributed by atoms with E-state index in [2.05, 4.69) is 25.3 Å². The number of imidazole rings is 1. The van der Waals surface area contributed by atoms with Gasteiger partial charge in [-0.05, 0) is 6.07 Å². The van der Waals surface area contributed by atoms with Crippen LogP contribution < -0.4 is 14.8 Å². The highest BCUT2D eigenvalue weighted by atomic mass is 35.5. The maximum atomic E-state index is 14.7. The number of benzene rings is 1. The Morgan fingerprint density at radius 2 is 1.97 bits per heavy atom. The van der Waals surface area contributed by atoms with Gasteiger partial charge in [-0.3, -0.25) is 0 Å². The minimum Gasteiger partial charge on any atom is -0.487 e. The van der Waals surface area contributed by atoms with Crippen molar-refractivity contribution in [1.29, 1.82) is 0 Å². The number of halogens is 3. The van der Waals surface area contributed by atoms with E-state index in [0.29, 0.717) is 11.2 Å². The first-order valence-corrected chi connectivity index (χ1v) is 12.6. The van der Waals surface area contributed by atoms with Crippen LogP contribution in [0.5, 0.6) is 11.8 Å². The van der Waals surface area contributed by atoms with Gasteiger partial charge in [-0.1, -0.05) is 11.6 Å². The molecule has 14 heteroatoms. The lowest BCUT2D eigenvalue weighted by atomic mass is 10.1. The van der Waals surface area contributed by atoms with Gasteiger partial charge in [0.2, 0.25) is 0 Å². The topological polar surface area (TPSA) is 124 Å². The van der Waals surface area contributed by atoms with E-state index in [4.69, 9.17) is 30.5 Å². The lowest BCUT2D eigenvalue weighted by molar-refractivity contribution is 0.00706. The van der Waals surface area contributed by atoms with Crippen LogP contribution in [-0.4, -0.2) is 62.7 Å². The molecule has 10 nitrogen and oxygen atoms in total. The Bertz CT molecular complexity index is 1400. The molecule has 4 aromatic rings. The average Bonchev–Trinajstić information content (AvgIpc) is 3.65. The van der Waals surface area contributed by atoms with E-state index >= 15 is 0 Å². The Balaban J connectivity index is 1.13. The molecule has 2 aliphatic rings. The number of hydrogen-bond donors (Lipinski definition) is 3. The molecule has 37 heavy (non-hydrogen) atoms. The van der Waals surface area contributed by atoms with Gasteiger partial charge in [0.1, 0.15) is 48.1 Å². The number of ether oxygens (including phenoxy) is 4. The Hall–Kier alpha value is -3.10. The number of anilines is 1. The van der Waals surface area contributed by atoms with E-state index in [1.165, 1.54) is 11.3 Å². The molecule has 2 aliphatic heterocycles. The van der Waals surface area contributed by atoms with Crippen molar-refractivity contribution in [2.45, 2.75) is 37.6 Å². The first-order valence-electron chi connectivity index (χ1n) is 11.3. The molecule has 0 amide bonds. The number of fused-ring (bicyclic) bond motifs is 2. The molecule has 0 spiro atoms. The van der Waals surface area contributed by atoms with Crippen molar-refractivity contribution in [3.05, 3.63) is 57.0 Å². The third-order valence-electron chi connectivity index (χ3n) is 6.07. The highest BCUT2D eigenvalue weighted by Crippen LogP contribution is 2.31. The van der Waals surface area contributed by atoms with Crippen molar-refractivity contribution in [2.75, 3.05) is 18.5 Å². The first-order chi connectivity index (χ1) is 17.9. The predicted molar refractivity (Wildman–Crippen MR) is 129 cm³/mol. The van der Waals surface area contributed by atoms with Crippen molar-refractivity contribution in [3.8, 4) is 11.8 Å². The molecule has 6 rings (SSSR count). The number of aromatic nitrogens is 4. The van der Waals surface area contributed by atoms with Crippen LogP contribution in [0.3, 0.4) is 0 Å². The van der Waals surface area contributed by atoms with E-state index in [-0.39, 0.29) is 60.2 Å². The molecule has 0 radical (unpaired) electrons. The molecule has 4 atom stereocenters. The predicted octanol–water partition coefficient (Wildman–Crippen LogP) is 3.44. The second-order valence-electron chi connectivity index (χ2n) is 8.54. The smallest absolute Gasteiger partial charge is 0.296 e. The van der Waals surface area contributed by atoms with Crippen molar-refractivity contribution >= 4 is 39.9 Å². The summed E-state index contributed by atoms with van der Waals surface area (Å²) in [5.74, 6) is -1.29. The number of rotatable bonds is 8. The van der Waals surface area contributed by atoms with E-state index < -0.39 is 36.1 Å². The summed E-state index contributed by atoms with van der Waals surface area (Å²) in [6, 6.07) is 4.00. The first kappa shape index (κ1) is 24.2. The highest BCUT2D eigenvalue weighted by molar-refractivity contribution is 7.07. The van der Waals surface area contributed by atoms with Crippen LogP contribution in [0.25, 0.3) is 11.2 Å². The molecule has 0 aliphatic carbocycles. The zero-order valence-electron chi connectivity index (χ0n) is 19.0. The van der Waals surface area contributed by atoms with Gasteiger partial charge in [0.25, 0.3) is 6.01 Å². The zero-order chi connectivity index (χ0) is 25.5. The number of thiazole rings is 1. The lowest BCUT2D eigenvalue weighted by Crippen LogP contribution is -2.34. The monoisotopic (exact) mass is 551 g/mol. The summed E-state index contributed by atoms with van der Waals surface area (Å²) in [6.07, 6.45) is -1.97. The third-order valence-corrected chi connectivity index (χ3v) is 6.99. The Morgan fingerprint density at radius 3 is 2.76 bits per heavy atom. The average molecular weight is 552 g/mol. The Kier molecular flexibility index (Phi) is 6.55. The van der Waals surface area contributed by atoms with E-state index in [1.54, 1.807) is 17.0 Å². The normalized spacial score (nSPS) is 22.9. The maximum absolute atomic E-state index is 14.7. The molecular formula is C23H20ClF2N5O5S. The van der Waals surface area contributed by atoms with Crippen molar-refractivity contribution < 1.29 is 32.8 Å². The summed E-state index contributed by atoms with van der Waals surface area (Å²) < 4.78 is 51.7. The van der Waals surface area contributed by atoms with Crippen LogP contribution in [0.1, 0.15) is 11.3 Å². The third kappa shape index (κ3) is 4.92. The number of aromatic amines is 1. The van der Waals surface area contributed by atoms with Crippen LogP contribution in [-0.2, 0) is 22.6 Å². The van der Waals surface area contributed by atoms with Gasteiger partial charge in [0.05, 0.1) is 35.0 Å². The van der Waals surface area contributed by atoms with Crippen molar-refractivity contribution in [2.24, 2.45) is 0 Å². The molecular weight excluding hydrogens is 532 g/mol. The molecule has 5 heterocycles. The summed E-state index contributed by atoms with van der Waals surface area (Å²) in [4.78, 5) is 15.7. The van der Waals surface area contributed by atoms with E-state index in [9.17, 15) is 13.9 Å². The molecule has 0 saturated carbocycles. The molecule has 0 unspecified atom stereocenters. The second kappa shape index (κ2) is 9.99. The number of pyridine rings is 1. The molecule has 0 bridgehead atoms. The van der Waals surface area contributed by atoms with Crippen molar-refractivity contribution in [3.63, 3.8) is 0 Å². The molecule has 2 fully saturated rings. The molecule has 3 N–H and O–H groups in total. The lowest BCUT2D eigenvalue weighted by Gasteiger charge is -2.15. The fraction of sp³-hybridized carbons (Fsp3) is 0.348. The van der Waals surface area contributed by atoms with Crippen LogP contribution >= 0.6 is 22.9 Å².